The Morgan fingerprint density at radius 3 is 2.84 bits per heavy atom. The lowest BCUT2D eigenvalue weighted by atomic mass is 9.98. The number of aromatic amines is 1. The first-order valence-electron chi connectivity index (χ1n) is 8.84. The molecule has 25 heavy (non-hydrogen) atoms. The maximum Gasteiger partial charge on any atom is 0.272 e. The molecule has 5 heteroatoms. The quantitative estimate of drug-likeness (QED) is 0.608. The third-order valence-electron chi connectivity index (χ3n) is 5.15. The molecule has 5 nitrogen and oxygen atoms in total. The Balaban J connectivity index is 1.61. The second-order valence-electron chi connectivity index (χ2n) is 6.85. The van der Waals surface area contributed by atoms with Gasteiger partial charge in [-0.1, -0.05) is 18.6 Å². The van der Waals surface area contributed by atoms with E-state index in [1.54, 1.807) is 0 Å². The van der Waals surface area contributed by atoms with Crippen LogP contribution < -0.4 is 10.3 Å². The van der Waals surface area contributed by atoms with Crippen LogP contribution in [0.5, 0.6) is 11.5 Å². The molecule has 2 aliphatic rings. The van der Waals surface area contributed by atoms with E-state index in [-0.39, 0.29) is 5.56 Å². The molecule has 2 aromatic carbocycles. The van der Waals surface area contributed by atoms with Gasteiger partial charge in [0.15, 0.2) is 0 Å². The topological polar surface area (TPSA) is 58.2 Å². The molecule has 2 aliphatic heterocycles. The minimum absolute atomic E-state index is 0.183. The average molecular weight is 333 g/mol. The van der Waals surface area contributed by atoms with Crippen LogP contribution >= 0.6 is 0 Å². The lowest BCUT2D eigenvalue weighted by molar-refractivity contribution is 0.221. The van der Waals surface area contributed by atoms with Crippen molar-refractivity contribution in [3.05, 3.63) is 52.3 Å². The summed E-state index contributed by atoms with van der Waals surface area (Å²) in [6.45, 7) is 3.27. The number of hydrogen-bond acceptors (Lipinski definition) is 4. The summed E-state index contributed by atoms with van der Waals surface area (Å²) in [4.78, 5) is 14.6. The van der Waals surface area contributed by atoms with Crippen LogP contribution in [0.2, 0.25) is 0 Å². The third kappa shape index (κ3) is 2.43. The fourth-order valence-corrected chi connectivity index (χ4v) is 3.91. The standard InChI is InChI=1S/C20H19N3O2/c24-20-14-5-4-6-17-18(14)19(21-22-20)15-11-13(7-8-16(15)25-17)12-23-9-2-1-3-10-23/h4-8,11H,1-3,9-10,12H2,(H,22,24). The minimum Gasteiger partial charge on any atom is -0.456 e. The maximum absolute atomic E-state index is 12.1. The van der Waals surface area contributed by atoms with Gasteiger partial charge in [0.05, 0.1) is 10.8 Å². The zero-order chi connectivity index (χ0) is 16.8. The molecule has 1 saturated heterocycles. The number of benzene rings is 2. The average Bonchev–Trinajstić information content (AvgIpc) is 2.65. The zero-order valence-electron chi connectivity index (χ0n) is 13.9. The van der Waals surface area contributed by atoms with Crippen LogP contribution in [0.1, 0.15) is 24.8 Å². The lowest BCUT2D eigenvalue weighted by Crippen LogP contribution is -2.29. The molecule has 0 spiro atoms. The van der Waals surface area contributed by atoms with Crippen molar-refractivity contribution in [2.24, 2.45) is 0 Å². The number of ether oxygens (including phenoxy) is 1. The van der Waals surface area contributed by atoms with Crippen LogP contribution in [-0.2, 0) is 6.54 Å². The summed E-state index contributed by atoms with van der Waals surface area (Å²) in [7, 11) is 0. The Kier molecular flexibility index (Phi) is 3.35. The second-order valence-corrected chi connectivity index (χ2v) is 6.85. The Morgan fingerprint density at radius 1 is 1.08 bits per heavy atom. The van der Waals surface area contributed by atoms with E-state index >= 15 is 0 Å². The van der Waals surface area contributed by atoms with E-state index in [1.807, 2.05) is 24.3 Å². The van der Waals surface area contributed by atoms with Crippen molar-refractivity contribution in [2.75, 3.05) is 13.1 Å². The van der Waals surface area contributed by atoms with Crippen molar-refractivity contribution < 1.29 is 4.74 Å². The number of fused-ring (bicyclic) bond motifs is 2. The molecule has 3 heterocycles. The summed E-state index contributed by atoms with van der Waals surface area (Å²) in [6.07, 6.45) is 3.90. The molecule has 0 saturated carbocycles. The van der Waals surface area contributed by atoms with E-state index in [9.17, 15) is 4.79 Å². The van der Waals surface area contributed by atoms with Crippen molar-refractivity contribution in [3.8, 4) is 22.8 Å². The van der Waals surface area contributed by atoms with Gasteiger partial charge in [0.1, 0.15) is 17.2 Å². The number of rotatable bonds is 2. The Hall–Kier alpha value is -2.66. The smallest absolute Gasteiger partial charge is 0.272 e. The van der Waals surface area contributed by atoms with Crippen LogP contribution in [0.4, 0.5) is 0 Å². The number of likely N-dealkylation sites (tertiary alicyclic amines) is 1. The number of aromatic nitrogens is 2. The molecule has 0 radical (unpaired) electrons. The number of nitrogens with one attached hydrogen (secondary N) is 1. The van der Waals surface area contributed by atoms with Crippen molar-refractivity contribution in [2.45, 2.75) is 25.8 Å². The van der Waals surface area contributed by atoms with Crippen LogP contribution in [0, 0.1) is 0 Å². The number of hydrogen-bond donors (Lipinski definition) is 1. The first-order chi connectivity index (χ1) is 12.3. The fourth-order valence-electron chi connectivity index (χ4n) is 3.91. The molecule has 1 N–H and O–H groups in total. The van der Waals surface area contributed by atoms with Gasteiger partial charge in [0, 0.05) is 12.1 Å². The maximum atomic E-state index is 12.1. The van der Waals surface area contributed by atoms with Crippen molar-refractivity contribution in [1.29, 1.82) is 0 Å². The molecule has 0 unspecified atom stereocenters. The number of nitrogens with zero attached hydrogens (tertiary/aromatic N) is 2. The summed E-state index contributed by atoms with van der Waals surface area (Å²) in [5, 5.41) is 8.38. The first-order valence-corrected chi connectivity index (χ1v) is 8.84. The van der Waals surface area contributed by atoms with Gasteiger partial charge in [-0.3, -0.25) is 9.69 Å². The molecular formula is C20H19N3O2. The lowest BCUT2D eigenvalue weighted by Gasteiger charge is -2.27. The Labute approximate surface area is 145 Å². The predicted octanol–water partition coefficient (Wildman–Crippen LogP) is 3.68. The molecule has 0 atom stereocenters. The van der Waals surface area contributed by atoms with Crippen molar-refractivity contribution in [1.82, 2.24) is 15.1 Å². The highest BCUT2D eigenvalue weighted by atomic mass is 16.5. The van der Waals surface area contributed by atoms with E-state index < -0.39 is 0 Å². The molecule has 1 aromatic heterocycles. The summed E-state index contributed by atoms with van der Waals surface area (Å²) < 4.78 is 6.04. The van der Waals surface area contributed by atoms with E-state index in [2.05, 4.69) is 27.2 Å². The van der Waals surface area contributed by atoms with Gasteiger partial charge in [0.2, 0.25) is 0 Å². The molecule has 5 rings (SSSR count). The minimum atomic E-state index is -0.183. The highest BCUT2D eigenvalue weighted by molar-refractivity contribution is 6.01. The monoisotopic (exact) mass is 333 g/mol. The van der Waals surface area contributed by atoms with Crippen LogP contribution in [0.25, 0.3) is 22.0 Å². The fraction of sp³-hybridized carbons (Fsp3) is 0.300. The number of piperidine rings is 1. The van der Waals surface area contributed by atoms with Crippen LogP contribution in [-0.4, -0.2) is 28.2 Å². The Morgan fingerprint density at radius 2 is 1.96 bits per heavy atom. The number of H-pyrrole nitrogens is 1. The molecule has 1 fully saturated rings. The van der Waals surface area contributed by atoms with Gasteiger partial charge in [0.25, 0.3) is 5.56 Å². The van der Waals surface area contributed by atoms with Crippen molar-refractivity contribution >= 4 is 10.8 Å². The molecule has 3 aromatic rings. The van der Waals surface area contributed by atoms with Crippen molar-refractivity contribution in [3.63, 3.8) is 0 Å². The van der Waals surface area contributed by atoms with Gasteiger partial charge >= 0.3 is 0 Å². The van der Waals surface area contributed by atoms with Gasteiger partial charge in [-0.05, 0) is 55.8 Å². The Bertz CT molecular complexity index is 1020. The zero-order valence-corrected chi connectivity index (χ0v) is 13.9. The highest BCUT2D eigenvalue weighted by Gasteiger charge is 2.23. The van der Waals surface area contributed by atoms with E-state index in [0.717, 1.165) is 42.0 Å². The summed E-state index contributed by atoms with van der Waals surface area (Å²) >= 11 is 0. The van der Waals surface area contributed by atoms with Crippen LogP contribution in [0.3, 0.4) is 0 Å². The molecular weight excluding hydrogens is 314 g/mol. The SMILES string of the molecule is O=c1[nH]nc2c3c(cccc13)Oc1ccc(CN3CCCCC3)cc1-2. The van der Waals surface area contributed by atoms with Gasteiger partial charge in [-0.25, -0.2) is 5.10 Å². The van der Waals surface area contributed by atoms with Gasteiger partial charge in [-0.15, -0.1) is 0 Å². The van der Waals surface area contributed by atoms with Gasteiger partial charge in [-0.2, -0.15) is 5.10 Å². The van der Waals surface area contributed by atoms with E-state index in [0.29, 0.717) is 11.1 Å². The van der Waals surface area contributed by atoms with Gasteiger partial charge < -0.3 is 4.74 Å². The molecule has 126 valence electrons. The molecule has 0 aliphatic carbocycles. The molecule has 0 amide bonds. The predicted molar refractivity (Wildman–Crippen MR) is 97.0 cm³/mol. The normalized spacial score (nSPS) is 16.5. The molecule has 0 bridgehead atoms. The second kappa shape index (κ2) is 5.70. The largest absolute Gasteiger partial charge is 0.456 e. The summed E-state index contributed by atoms with van der Waals surface area (Å²) in [6, 6.07) is 11.8. The summed E-state index contributed by atoms with van der Waals surface area (Å²) in [5.74, 6) is 1.49. The highest BCUT2D eigenvalue weighted by Crippen LogP contribution is 2.44. The first kappa shape index (κ1) is 14.7. The third-order valence-corrected chi connectivity index (χ3v) is 5.15. The van der Waals surface area contributed by atoms with E-state index in [1.165, 1.54) is 24.8 Å². The summed E-state index contributed by atoms with van der Waals surface area (Å²) in [5.41, 5.74) is 2.82. The van der Waals surface area contributed by atoms with Crippen LogP contribution in [0.15, 0.2) is 41.2 Å². The van der Waals surface area contributed by atoms with E-state index in [4.69, 9.17) is 4.74 Å².